The van der Waals surface area contributed by atoms with Crippen LogP contribution in [0.3, 0.4) is 0 Å². The Morgan fingerprint density at radius 3 is 2.00 bits per heavy atom. The van der Waals surface area contributed by atoms with Crippen LogP contribution in [-0.2, 0) is 0 Å². The molecule has 1 heterocycles. The molecule has 2 rings (SSSR count). The van der Waals surface area contributed by atoms with Crippen LogP contribution in [0, 0.1) is 27.7 Å². The third-order valence-electron chi connectivity index (χ3n) is 3.47. The summed E-state index contributed by atoms with van der Waals surface area (Å²) < 4.78 is 0. The van der Waals surface area contributed by atoms with Crippen LogP contribution in [0.15, 0.2) is 23.0 Å². The molecule has 0 radical (unpaired) electrons. The van der Waals surface area contributed by atoms with Crippen molar-refractivity contribution < 1.29 is 0 Å². The number of H-pyrrole nitrogens is 1. The molecule has 0 atom stereocenters. The fraction of sp³-hybridized carbons (Fsp3) is 0.267. The predicted molar refractivity (Wildman–Crippen MR) is 76.5 cm³/mol. The molecule has 18 heavy (non-hydrogen) atoms. The summed E-state index contributed by atoms with van der Waals surface area (Å²) in [7, 11) is 0. The quantitative estimate of drug-likeness (QED) is 0.775. The van der Waals surface area contributed by atoms with Gasteiger partial charge in [0.15, 0.2) is 0 Å². The van der Waals surface area contributed by atoms with Gasteiger partial charge >= 0.3 is 0 Å². The normalized spacial score (nSPS) is 10.7. The number of nitrogens with one attached hydrogen (secondary N) is 1. The second-order valence-electron chi connectivity index (χ2n) is 4.72. The predicted octanol–water partition coefficient (Wildman–Crippen LogP) is 3.93. The standard InChI is InChI=1S/C15H16ClNO/c1-8-5-9(2)11(4)15(10(8)3)12-6-13(16)17-14(18)7-12/h5-7H,1-4H3,(H,17,18). The molecule has 1 aromatic heterocycles. The number of hydrogen-bond donors (Lipinski definition) is 1. The van der Waals surface area contributed by atoms with E-state index in [1.807, 2.05) is 0 Å². The Morgan fingerprint density at radius 1 is 0.944 bits per heavy atom. The van der Waals surface area contributed by atoms with Gasteiger partial charge < -0.3 is 4.98 Å². The summed E-state index contributed by atoms with van der Waals surface area (Å²) in [5.74, 6) is 0. The summed E-state index contributed by atoms with van der Waals surface area (Å²) in [6, 6.07) is 5.57. The first kappa shape index (κ1) is 12.9. The highest BCUT2D eigenvalue weighted by atomic mass is 35.5. The van der Waals surface area contributed by atoms with Crippen molar-refractivity contribution in [1.29, 1.82) is 0 Å². The zero-order chi connectivity index (χ0) is 13.4. The van der Waals surface area contributed by atoms with Crippen molar-refractivity contribution in [2.45, 2.75) is 27.7 Å². The Bertz CT molecular complexity index is 645. The number of pyridine rings is 1. The highest BCUT2D eigenvalue weighted by molar-refractivity contribution is 6.29. The van der Waals surface area contributed by atoms with Gasteiger partial charge in [-0.1, -0.05) is 17.7 Å². The highest BCUT2D eigenvalue weighted by Crippen LogP contribution is 2.31. The van der Waals surface area contributed by atoms with E-state index in [0.29, 0.717) is 5.15 Å². The van der Waals surface area contributed by atoms with Crippen molar-refractivity contribution in [2.24, 2.45) is 0 Å². The van der Waals surface area contributed by atoms with Gasteiger partial charge in [-0.25, -0.2) is 0 Å². The lowest BCUT2D eigenvalue weighted by Crippen LogP contribution is -2.05. The maximum Gasteiger partial charge on any atom is 0.249 e. The van der Waals surface area contributed by atoms with Crippen LogP contribution < -0.4 is 5.56 Å². The maximum absolute atomic E-state index is 11.5. The number of aromatic amines is 1. The van der Waals surface area contributed by atoms with Gasteiger partial charge in [0.05, 0.1) is 0 Å². The van der Waals surface area contributed by atoms with Crippen molar-refractivity contribution >= 4 is 11.6 Å². The van der Waals surface area contributed by atoms with Crippen LogP contribution in [0.2, 0.25) is 5.15 Å². The van der Waals surface area contributed by atoms with Gasteiger partial charge in [0.2, 0.25) is 5.56 Å². The molecule has 0 aliphatic heterocycles. The smallest absolute Gasteiger partial charge is 0.249 e. The molecule has 0 fully saturated rings. The molecule has 0 amide bonds. The molecule has 0 bridgehead atoms. The van der Waals surface area contributed by atoms with Crippen LogP contribution in [0.5, 0.6) is 0 Å². The fourth-order valence-electron chi connectivity index (χ4n) is 2.30. The summed E-state index contributed by atoms with van der Waals surface area (Å²) >= 11 is 5.93. The first-order valence-corrected chi connectivity index (χ1v) is 6.25. The third kappa shape index (κ3) is 2.21. The Kier molecular flexibility index (Phi) is 3.31. The number of rotatable bonds is 1. The first-order chi connectivity index (χ1) is 8.40. The SMILES string of the molecule is Cc1cc(C)c(C)c(-c2cc(Cl)[nH]c(=O)c2)c1C. The molecule has 94 valence electrons. The van der Waals surface area contributed by atoms with E-state index in [2.05, 4.69) is 38.7 Å². The molecule has 1 N–H and O–H groups in total. The number of benzene rings is 1. The van der Waals surface area contributed by atoms with Crippen LogP contribution in [0.4, 0.5) is 0 Å². The second kappa shape index (κ2) is 4.62. The van der Waals surface area contributed by atoms with Crippen LogP contribution in [0.1, 0.15) is 22.3 Å². The fourth-order valence-corrected chi connectivity index (χ4v) is 2.51. The van der Waals surface area contributed by atoms with Crippen molar-refractivity contribution in [3.8, 4) is 11.1 Å². The zero-order valence-corrected chi connectivity index (χ0v) is 11.8. The minimum Gasteiger partial charge on any atom is -0.313 e. The van der Waals surface area contributed by atoms with E-state index in [9.17, 15) is 4.79 Å². The van der Waals surface area contributed by atoms with Gasteiger partial charge in [0.25, 0.3) is 0 Å². The molecule has 2 aromatic rings. The molecule has 0 aliphatic carbocycles. The lowest BCUT2D eigenvalue weighted by molar-refractivity contribution is 1.21. The van der Waals surface area contributed by atoms with E-state index in [4.69, 9.17) is 11.6 Å². The minimum atomic E-state index is -0.171. The lowest BCUT2D eigenvalue weighted by Gasteiger charge is -2.15. The topological polar surface area (TPSA) is 32.9 Å². The van der Waals surface area contributed by atoms with E-state index in [1.165, 1.54) is 22.3 Å². The Balaban J connectivity index is 2.82. The second-order valence-corrected chi connectivity index (χ2v) is 5.12. The molecular weight excluding hydrogens is 246 g/mol. The molecule has 1 aromatic carbocycles. The van der Waals surface area contributed by atoms with Crippen molar-refractivity contribution in [1.82, 2.24) is 4.98 Å². The van der Waals surface area contributed by atoms with E-state index in [0.717, 1.165) is 11.1 Å². The van der Waals surface area contributed by atoms with E-state index in [1.54, 1.807) is 12.1 Å². The van der Waals surface area contributed by atoms with Gasteiger partial charge in [0.1, 0.15) is 5.15 Å². The summed E-state index contributed by atoms with van der Waals surface area (Å²) in [6.07, 6.45) is 0. The molecule has 2 nitrogen and oxygen atoms in total. The van der Waals surface area contributed by atoms with Crippen molar-refractivity contribution in [3.05, 3.63) is 56.0 Å². The van der Waals surface area contributed by atoms with E-state index < -0.39 is 0 Å². The average Bonchev–Trinajstić information content (AvgIpc) is 2.25. The van der Waals surface area contributed by atoms with Gasteiger partial charge in [0, 0.05) is 6.07 Å². The number of halogens is 1. The number of aryl methyl sites for hydroxylation is 2. The van der Waals surface area contributed by atoms with Gasteiger partial charge in [-0.3, -0.25) is 4.79 Å². The number of hydrogen-bond acceptors (Lipinski definition) is 1. The lowest BCUT2D eigenvalue weighted by atomic mass is 9.90. The molecule has 0 unspecified atom stereocenters. The van der Waals surface area contributed by atoms with Crippen molar-refractivity contribution in [2.75, 3.05) is 0 Å². The Hall–Kier alpha value is -1.54. The monoisotopic (exact) mass is 261 g/mol. The average molecular weight is 262 g/mol. The molecule has 0 spiro atoms. The third-order valence-corrected chi connectivity index (χ3v) is 3.67. The van der Waals surface area contributed by atoms with Gasteiger partial charge in [-0.15, -0.1) is 0 Å². The van der Waals surface area contributed by atoms with Crippen LogP contribution in [0.25, 0.3) is 11.1 Å². The van der Waals surface area contributed by atoms with Crippen LogP contribution in [-0.4, -0.2) is 4.98 Å². The van der Waals surface area contributed by atoms with Gasteiger partial charge in [-0.2, -0.15) is 0 Å². The molecule has 0 saturated carbocycles. The summed E-state index contributed by atoms with van der Waals surface area (Å²) in [5.41, 5.74) is 6.66. The molecule has 3 heteroatoms. The van der Waals surface area contributed by atoms with Gasteiger partial charge in [-0.05, 0) is 67.1 Å². The highest BCUT2D eigenvalue weighted by Gasteiger charge is 2.11. The maximum atomic E-state index is 11.5. The Labute approximate surface area is 112 Å². The first-order valence-electron chi connectivity index (χ1n) is 5.88. The molecular formula is C15H16ClNO. The summed E-state index contributed by atoms with van der Waals surface area (Å²) in [5, 5.41) is 0.371. The van der Waals surface area contributed by atoms with Crippen LogP contribution >= 0.6 is 11.6 Å². The van der Waals surface area contributed by atoms with E-state index >= 15 is 0 Å². The zero-order valence-electron chi connectivity index (χ0n) is 11.0. The summed E-state index contributed by atoms with van der Waals surface area (Å²) in [6.45, 7) is 8.32. The molecule has 0 aliphatic rings. The van der Waals surface area contributed by atoms with E-state index in [-0.39, 0.29) is 5.56 Å². The number of aromatic nitrogens is 1. The largest absolute Gasteiger partial charge is 0.313 e. The Morgan fingerprint density at radius 2 is 1.50 bits per heavy atom. The summed E-state index contributed by atoms with van der Waals surface area (Å²) in [4.78, 5) is 14.1. The molecule has 0 saturated heterocycles. The minimum absolute atomic E-state index is 0.171. The van der Waals surface area contributed by atoms with Crippen molar-refractivity contribution in [3.63, 3.8) is 0 Å².